The molecule has 0 aliphatic rings. The van der Waals surface area contributed by atoms with Crippen LogP contribution in [0.2, 0.25) is 0 Å². The fourth-order valence-corrected chi connectivity index (χ4v) is 1.64. The summed E-state index contributed by atoms with van der Waals surface area (Å²) in [6.45, 7) is 3.82. The summed E-state index contributed by atoms with van der Waals surface area (Å²) in [5.74, 6) is -0.575. The first-order valence-corrected chi connectivity index (χ1v) is 5.88. The minimum absolute atomic E-state index is 0.163. The maximum Gasteiger partial charge on any atom is 0.357 e. The molecule has 1 heterocycles. The molecule has 0 aliphatic carbocycles. The molecule has 0 bridgehead atoms. The van der Waals surface area contributed by atoms with E-state index in [1.54, 1.807) is 13.0 Å². The highest BCUT2D eigenvalue weighted by Crippen LogP contribution is 2.20. The zero-order chi connectivity index (χ0) is 13.8. The van der Waals surface area contributed by atoms with Gasteiger partial charge in [0, 0.05) is 11.8 Å². The van der Waals surface area contributed by atoms with E-state index in [9.17, 15) is 9.18 Å². The maximum atomic E-state index is 13.3. The van der Waals surface area contributed by atoms with Crippen molar-refractivity contribution in [2.24, 2.45) is 0 Å². The van der Waals surface area contributed by atoms with Crippen LogP contribution in [0.3, 0.4) is 0 Å². The number of hydrogen-bond acceptors (Lipinski definition) is 4. The molecule has 0 fully saturated rings. The largest absolute Gasteiger partial charge is 0.461 e. The molecule has 0 radical (unpaired) electrons. The molecule has 1 aromatic carbocycles. The van der Waals surface area contributed by atoms with E-state index in [0.29, 0.717) is 11.4 Å². The smallest absolute Gasteiger partial charge is 0.357 e. The van der Waals surface area contributed by atoms with E-state index in [4.69, 9.17) is 4.74 Å². The number of hydrogen-bond donors (Lipinski definition) is 0. The van der Waals surface area contributed by atoms with Crippen molar-refractivity contribution < 1.29 is 13.9 Å². The molecule has 0 saturated heterocycles. The Morgan fingerprint density at radius 3 is 2.89 bits per heavy atom. The molecule has 0 spiro atoms. The Balaban J connectivity index is 2.43. The summed E-state index contributed by atoms with van der Waals surface area (Å²) in [6.07, 6.45) is 1.46. The third-order valence-electron chi connectivity index (χ3n) is 2.58. The zero-order valence-corrected chi connectivity index (χ0v) is 10.7. The molecule has 0 atom stereocenters. The second kappa shape index (κ2) is 5.56. The second-order valence-corrected chi connectivity index (χ2v) is 3.95. The highest BCUT2D eigenvalue weighted by Gasteiger charge is 2.12. The van der Waals surface area contributed by atoms with Crippen molar-refractivity contribution in [3.63, 3.8) is 0 Å². The number of ether oxygens (including phenoxy) is 1. The number of esters is 1. The summed E-state index contributed by atoms with van der Waals surface area (Å²) < 4.78 is 18.1. The van der Waals surface area contributed by atoms with E-state index < -0.39 is 5.97 Å². The normalized spacial score (nSPS) is 10.3. The highest BCUT2D eigenvalue weighted by atomic mass is 19.1. The predicted molar refractivity (Wildman–Crippen MR) is 68.1 cm³/mol. The van der Waals surface area contributed by atoms with Crippen molar-refractivity contribution in [1.29, 1.82) is 0 Å². The Labute approximate surface area is 110 Å². The molecular weight excluding hydrogens is 247 g/mol. The lowest BCUT2D eigenvalue weighted by atomic mass is 10.1. The average Bonchev–Trinajstić information content (AvgIpc) is 2.42. The van der Waals surface area contributed by atoms with E-state index >= 15 is 0 Å². The van der Waals surface area contributed by atoms with Gasteiger partial charge in [0.2, 0.25) is 0 Å². The molecule has 5 heteroatoms. The van der Waals surface area contributed by atoms with Gasteiger partial charge in [-0.05, 0) is 37.6 Å². The highest BCUT2D eigenvalue weighted by molar-refractivity contribution is 5.87. The molecule has 0 unspecified atom stereocenters. The summed E-state index contributed by atoms with van der Waals surface area (Å²) >= 11 is 0. The number of carbonyl (C=O) groups is 1. The van der Waals surface area contributed by atoms with E-state index in [-0.39, 0.29) is 18.1 Å². The van der Waals surface area contributed by atoms with Gasteiger partial charge in [0.1, 0.15) is 5.82 Å². The Morgan fingerprint density at radius 2 is 2.16 bits per heavy atom. The quantitative estimate of drug-likeness (QED) is 0.796. The first-order valence-electron chi connectivity index (χ1n) is 5.88. The zero-order valence-electron chi connectivity index (χ0n) is 10.7. The fraction of sp³-hybridized carbons (Fsp3) is 0.214. The number of rotatable bonds is 3. The molecule has 19 heavy (non-hydrogen) atoms. The van der Waals surface area contributed by atoms with Crippen molar-refractivity contribution in [3.8, 4) is 11.4 Å². The van der Waals surface area contributed by atoms with Crippen LogP contribution in [-0.4, -0.2) is 22.5 Å². The van der Waals surface area contributed by atoms with Crippen molar-refractivity contribution in [2.75, 3.05) is 6.61 Å². The van der Waals surface area contributed by atoms with Crippen LogP contribution in [-0.2, 0) is 4.74 Å². The lowest BCUT2D eigenvalue weighted by Gasteiger charge is -2.06. The first kappa shape index (κ1) is 13.1. The van der Waals surface area contributed by atoms with Gasteiger partial charge in [-0.3, -0.25) is 0 Å². The lowest BCUT2D eigenvalue weighted by Crippen LogP contribution is -2.08. The van der Waals surface area contributed by atoms with Crippen LogP contribution >= 0.6 is 0 Å². The number of halogens is 1. The van der Waals surface area contributed by atoms with Gasteiger partial charge in [-0.25, -0.2) is 19.2 Å². The van der Waals surface area contributed by atoms with Crippen molar-refractivity contribution in [2.45, 2.75) is 13.8 Å². The van der Waals surface area contributed by atoms with E-state index in [0.717, 1.165) is 5.56 Å². The average molecular weight is 260 g/mol. The minimum atomic E-state index is -0.514. The van der Waals surface area contributed by atoms with Crippen LogP contribution in [0.15, 0.2) is 30.5 Å². The van der Waals surface area contributed by atoms with Gasteiger partial charge in [-0.2, -0.15) is 0 Å². The summed E-state index contributed by atoms with van der Waals surface area (Å²) in [7, 11) is 0. The lowest BCUT2D eigenvalue weighted by molar-refractivity contribution is 0.0519. The topological polar surface area (TPSA) is 52.1 Å². The van der Waals surface area contributed by atoms with Gasteiger partial charge in [-0.1, -0.05) is 6.07 Å². The monoisotopic (exact) mass is 260 g/mol. The molecule has 0 aliphatic heterocycles. The number of carbonyl (C=O) groups excluding carboxylic acids is 1. The van der Waals surface area contributed by atoms with Gasteiger partial charge in [0.05, 0.1) is 6.61 Å². The number of aromatic nitrogens is 2. The van der Waals surface area contributed by atoms with Crippen LogP contribution in [0.4, 0.5) is 4.39 Å². The standard InChI is InChI=1S/C14H13FN2O2/c1-3-19-14(18)12-6-7-16-13(17-12)11-8-10(15)5-4-9(11)2/h4-8H,3H2,1-2H3. The van der Waals surface area contributed by atoms with Crippen LogP contribution < -0.4 is 0 Å². The molecule has 2 rings (SSSR count). The molecule has 1 aromatic heterocycles. The van der Waals surface area contributed by atoms with Gasteiger partial charge in [0.25, 0.3) is 0 Å². The Kier molecular flexibility index (Phi) is 3.85. The SMILES string of the molecule is CCOC(=O)c1ccnc(-c2cc(F)ccc2C)n1. The summed E-state index contributed by atoms with van der Waals surface area (Å²) in [5, 5.41) is 0. The number of nitrogens with zero attached hydrogens (tertiary/aromatic N) is 2. The molecular formula is C14H13FN2O2. The molecule has 0 amide bonds. The summed E-state index contributed by atoms with van der Waals surface area (Å²) in [5.41, 5.74) is 1.56. The minimum Gasteiger partial charge on any atom is -0.461 e. The van der Waals surface area contributed by atoms with Crippen molar-refractivity contribution >= 4 is 5.97 Å². The molecule has 0 N–H and O–H groups in total. The first-order chi connectivity index (χ1) is 9.11. The summed E-state index contributed by atoms with van der Waals surface area (Å²) in [4.78, 5) is 19.8. The molecule has 98 valence electrons. The molecule has 4 nitrogen and oxygen atoms in total. The van der Waals surface area contributed by atoms with Gasteiger partial charge in [0.15, 0.2) is 11.5 Å². The van der Waals surface area contributed by atoms with E-state index in [2.05, 4.69) is 9.97 Å². The van der Waals surface area contributed by atoms with Crippen LogP contribution in [0.5, 0.6) is 0 Å². The third kappa shape index (κ3) is 2.93. The summed E-state index contributed by atoms with van der Waals surface area (Å²) in [6, 6.07) is 5.83. The van der Waals surface area contributed by atoms with Gasteiger partial charge >= 0.3 is 5.97 Å². The van der Waals surface area contributed by atoms with Crippen LogP contribution in [0.25, 0.3) is 11.4 Å². The number of aryl methyl sites for hydroxylation is 1. The fourth-order valence-electron chi connectivity index (χ4n) is 1.64. The Bertz CT molecular complexity index is 614. The number of benzene rings is 1. The third-order valence-corrected chi connectivity index (χ3v) is 2.58. The Hall–Kier alpha value is -2.30. The Morgan fingerprint density at radius 1 is 1.37 bits per heavy atom. The van der Waals surface area contributed by atoms with Gasteiger partial charge < -0.3 is 4.74 Å². The van der Waals surface area contributed by atoms with Crippen LogP contribution in [0, 0.1) is 12.7 Å². The van der Waals surface area contributed by atoms with E-state index in [1.807, 2.05) is 6.92 Å². The van der Waals surface area contributed by atoms with Crippen molar-refractivity contribution in [3.05, 3.63) is 47.5 Å². The van der Waals surface area contributed by atoms with E-state index in [1.165, 1.54) is 24.4 Å². The second-order valence-electron chi connectivity index (χ2n) is 3.95. The van der Waals surface area contributed by atoms with Crippen LogP contribution in [0.1, 0.15) is 23.0 Å². The predicted octanol–water partition coefficient (Wildman–Crippen LogP) is 2.77. The maximum absolute atomic E-state index is 13.3. The molecule has 2 aromatic rings. The van der Waals surface area contributed by atoms with Gasteiger partial charge in [-0.15, -0.1) is 0 Å². The molecule has 0 saturated carbocycles. The van der Waals surface area contributed by atoms with Crippen molar-refractivity contribution in [1.82, 2.24) is 9.97 Å².